The van der Waals surface area contributed by atoms with Gasteiger partial charge in [-0.2, -0.15) is 0 Å². The lowest BCUT2D eigenvalue weighted by atomic mass is 10.1. The summed E-state index contributed by atoms with van der Waals surface area (Å²) in [5.74, 6) is 0. The molecule has 2 N–H and O–H groups in total. The number of hydrogen-bond donors (Lipinski definition) is 1. The third-order valence-corrected chi connectivity index (χ3v) is 4.03. The van der Waals surface area contributed by atoms with Gasteiger partial charge in [-0.3, -0.25) is 0 Å². The third-order valence-electron chi connectivity index (χ3n) is 2.09. The Balaban J connectivity index is 2.37. The highest BCUT2D eigenvalue weighted by Crippen LogP contribution is 2.26. The fourth-order valence-electron chi connectivity index (χ4n) is 1.35. The summed E-state index contributed by atoms with van der Waals surface area (Å²) in [6.07, 6.45) is 0. The van der Waals surface area contributed by atoms with Crippen molar-refractivity contribution in [3.05, 3.63) is 55.8 Å². The highest BCUT2D eigenvalue weighted by molar-refractivity contribution is 14.1. The van der Waals surface area contributed by atoms with Crippen LogP contribution in [0.15, 0.2) is 41.8 Å². The van der Waals surface area contributed by atoms with Crippen molar-refractivity contribution in [3.8, 4) is 0 Å². The number of halogens is 1. The fraction of sp³-hybridized carbons (Fsp3) is 0.0909. The van der Waals surface area contributed by atoms with Crippen molar-refractivity contribution in [2.75, 3.05) is 0 Å². The van der Waals surface area contributed by atoms with Crippen LogP contribution in [-0.2, 0) is 0 Å². The van der Waals surface area contributed by atoms with Gasteiger partial charge in [-0.1, -0.05) is 24.3 Å². The van der Waals surface area contributed by atoms with E-state index in [0.29, 0.717) is 0 Å². The van der Waals surface area contributed by atoms with Crippen molar-refractivity contribution in [3.63, 3.8) is 0 Å². The van der Waals surface area contributed by atoms with Crippen LogP contribution in [0.1, 0.15) is 16.5 Å². The molecule has 0 amide bonds. The molecule has 0 saturated heterocycles. The zero-order valence-corrected chi connectivity index (χ0v) is 10.5. The Morgan fingerprint density at radius 3 is 2.57 bits per heavy atom. The van der Waals surface area contributed by atoms with Crippen molar-refractivity contribution in [2.45, 2.75) is 6.04 Å². The molecule has 0 spiro atoms. The lowest BCUT2D eigenvalue weighted by Gasteiger charge is -2.11. The van der Waals surface area contributed by atoms with Crippen molar-refractivity contribution in [1.29, 1.82) is 0 Å². The third kappa shape index (κ3) is 1.99. The van der Waals surface area contributed by atoms with Crippen LogP contribution < -0.4 is 5.73 Å². The SMILES string of the molecule is N[C@@H](c1cccs1)c1ccccc1I. The predicted octanol–water partition coefficient (Wildman–Crippen LogP) is 3.40. The van der Waals surface area contributed by atoms with Crippen molar-refractivity contribution in [1.82, 2.24) is 0 Å². The van der Waals surface area contributed by atoms with E-state index in [4.69, 9.17) is 5.73 Å². The molecular weight excluding hydrogens is 305 g/mol. The molecule has 1 aromatic carbocycles. The van der Waals surface area contributed by atoms with E-state index in [1.165, 1.54) is 14.0 Å². The topological polar surface area (TPSA) is 26.0 Å². The van der Waals surface area contributed by atoms with Gasteiger partial charge in [0.05, 0.1) is 6.04 Å². The smallest absolute Gasteiger partial charge is 0.0656 e. The first-order valence-corrected chi connectivity index (χ1v) is 6.28. The second kappa shape index (κ2) is 4.42. The minimum atomic E-state index is 0.0168. The molecule has 2 aromatic rings. The van der Waals surface area contributed by atoms with Crippen LogP contribution in [0.25, 0.3) is 0 Å². The van der Waals surface area contributed by atoms with E-state index in [1.807, 2.05) is 18.2 Å². The lowest BCUT2D eigenvalue weighted by molar-refractivity contribution is 0.887. The Morgan fingerprint density at radius 1 is 1.14 bits per heavy atom. The van der Waals surface area contributed by atoms with Gasteiger partial charge in [-0.25, -0.2) is 0 Å². The molecule has 1 nitrogen and oxygen atoms in total. The predicted molar refractivity (Wildman–Crippen MR) is 69.5 cm³/mol. The van der Waals surface area contributed by atoms with Gasteiger partial charge < -0.3 is 5.73 Å². The van der Waals surface area contributed by atoms with Crippen LogP contribution in [0, 0.1) is 3.57 Å². The first kappa shape index (κ1) is 10.1. The molecule has 0 fully saturated rings. The highest BCUT2D eigenvalue weighted by Gasteiger charge is 2.11. The Kier molecular flexibility index (Phi) is 3.20. The van der Waals surface area contributed by atoms with Gasteiger partial charge >= 0.3 is 0 Å². The molecule has 0 bridgehead atoms. The maximum Gasteiger partial charge on any atom is 0.0656 e. The molecule has 3 heteroatoms. The Bertz CT molecular complexity index is 411. The first-order valence-electron chi connectivity index (χ1n) is 4.32. The normalized spacial score (nSPS) is 12.7. The maximum atomic E-state index is 6.17. The molecule has 0 unspecified atom stereocenters. The summed E-state index contributed by atoms with van der Waals surface area (Å²) >= 11 is 4.03. The molecule has 0 radical (unpaired) electrons. The number of benzene rings is 1. The monoisotopic (exact) mass is 315 g/mol. The van der Waals surface area contributed by atoms with E-state index in [0.717, 1.165) is 0 Å². The summed E-state index contributed by atoms with van der Waals surface area (Å²) in [5, 5.41) is 2.06. The van der Waals surface area contributed by atoms with Crippen molar-refractivity contribution >= 4 is 33.9 Å². The number of rotatable bonds is 2. The molecule has 0 aliphatic heterocycles. The van der Waals surface area contributed by atoms with E-state index < -0.39 is 0 Å². The van der Waals surface area contributed by atoms with E-state index in [-0.39, 0.29) is 6.04 Å². The van der Waals surface area contributed by atoms with Gasteiger partial charge in [0.15, 0.2) is 0 Å². The van der Waals surface area contributed by atoms with Gasteiger partial charge in [0.25, 0.3) is 0 Å². The molecule has 0 aliphatic rings. The lowest BCUT2D eigenvalue weighted by Crippen LogP contribution is -2.11. The molecule has 1 heterocycles. The molecule has 72 valence electrons. The van der Waals surface area contributed by atoms with E-state index in [2.05, 4.69) is 46.2 Å². The summed E-state index contributed by atoms with van der Waals surface area (Å²) in [5.41, 5.74) is 7.37. The summed E-state index contributed by atoms with van der Waals surface area (Å²) in [7, 11) is 0. The Labute approximate surface area is 101 Å². The van der Waals surface area contributed by atoms with Crippen LogP contribution in [0.5, 0.6) is 0 Å². The summed E-state index contributed by atoms with van der Waals surface area (Å²) in [4.78, 5) is 1.22. The van der Waals surface area contributed by atoms with Crippen molar-refractivity contribution in [2.24, 2.45) is 5.73 Å². The molecule has 0 aliphatic carbocycles. The molecule has 2 rings (SSSR count). The Morgan fingerprint density at radius 2 is 1.93 bits per heavy atom. The van der Waals surface area contributed by atoms with Crippen LogP contribution in [0.4, 0.5) is 0 Å². The van der Waals surface area contributed by atoms with Crippen molar-refractivity contribution < 1.29 is 0 Å². The average Bonchev–Trinajstić information content (AvgIpc) is 2.70. The number of thiophene rings is 1. The van der Waals surface area contributed by atoms with E-state index in [1.54, 1.807) is 11.3 Å². The van der Waals surface area contributed by atoms with Gasteiger partial charge in [-0.15, -0.1) is 11.3 Å². The largest absolute Gasteiger partial charge is 0.320 e. The zero-order valence-electron chi connectivity index (χ0n) is 7.48. The first-order chi connectivity index (χ1) is 6.79. The molecule has 14 heavy (non-hydrogen) atoms. The number of hydrogen-bond acceptors (Lipinski definition) is 2. The quantitative estimate of drug-likeness (QED) is 0.845. The van der Waals surface area contributed by atoms with Crippen LogP contribution in [0.3, 0.4) is 0 Å². The standard InChI is InChI=1S/C11H10INS/c12-9-5-2-1-4-8(9)11(13)10-6-3-7-14-10/h1-7,11H,13H2/t11-/m1/s1. The number of nitrogens with two attached hydrogens (primary N) is 1. The maximum absolute atomic E-state index is 6.17. The minimum absolute atomic E-state index is 0.0168. The van der Waals surface area contributed by atoms with Crippen LogP contribution in [0.2, 0.25) is 0 Å². The average molecular weight is 315 g/mol. The zero-order chi connectivity index (χ0) is 9.97. The fourth-order valence-corrected chi connectivity index (χ4v) is 2.82. The Hall–Kier alpha value is -0.390. The minimum Gasteiger partial charge on any atom is -0.320 e. The summed E-state index contributed by atoms with van der Waals surface area (Å²) in [6, 6.07) is 12.4. The second-order valence-corrected chi connectivity index (χ2v) is 5.16. The van der Waals surface area contributed by atoms with Crippen LogP contribution >= 0.6 is 33.9 Å². The van der Waals surface area contributed by atoms with E-state index in [9.17, 15) is 0 Å². The highest BCUT2D eigenvalue weighted by atomic mass is 127. The van der Waals surface area contributed by atoms with Gasteiger partial charge in [-0.05, 0) is 45.7 Å². The molecule has 1 aromatic heterocycles. The van der Waals surface area contributed by atoms with E-state index >= 15 is 0 Å². The van der Waals surface area contributed by atoms with Crippen LogP contribution in [-0.4, -0.2) is 0 Å². The molecule has 0 saturated carbocycles. The summed E-state index contributed by atoms with van der Waals surface area (Å²) in [6.45, 7) is 0. The second-order valence-electron chi connectivity index (χ2n) is 3.01. The molecular formula is C11H10INS. The van der Waals surface area contributed by atoms with Gasteiger partial charge in [0, 0.05) is 8.45 Å². The van der Waals surface area contributed by atoms with Gasteiger partial charge in [0.2, 0.25) is 0 Å². The molecule has 1 atom stereocenters. The van der Waals surface area contributed by atoms with Gasteiger partial charge in [0.1, 0.15) is 0 Å². The summed E-state index contributed by atoms with van der Waals surface area (Å²) < 4.78 is 1.23.